The molecule has 3 atom stereocenters. The molecule has 1 aromatic heterocycles. The van der Waals surface area contributed by atoms with Crippen LogP contribution in [-0.4, -0.2) is 35.7 Å². The van der Waals surface area contributed by atoms with E-state index in [1.807, 2.05) is 14.0 Å². The predicted molar refractivity (Wildman–Crippen MR) is 77.3 cm³/mol. The highest BCUT2D eigenvalue weighted by Gasteiger charge is 2.27. The van der Waals surface area contributed by atoms with E-state index in [2.05, 4.69) is 39.2 Å². The first-order valence-electron chi connectivity index (χ1n) is 5.83. The predicted octanol–water partition coefficient (Wildman–Crippen LogP) is 2.60. The summed E-state index contributed by atoms with van der Waals surface area (Å²) in [6, 6.07) is 2.47. The molecule has 1 aromatic rings. The molecule has 0 aliphatic heterocycles. The van der Waals surface area contributed by atoms with Crippen LogP contribution in [0.2, 0.25) is 0 Å². The monoisotopic (exact) mass is 320 g/mol. The summed E-state index contributed by atoms with van der Waals surface area (Å²) in [5.41, 5.74) is 6.22. The molecule has 0 radical (unpaired) electrons. The van der Waals surface area contributed by atoms with Crippen molar-refractivity contribution in [2.75, 3.05) is 13.7 Å². The number of nitrogens with two attached hydrogens (primary N) is 1. The van der Waals surface area contributed by atoms with Crippen molar-refractivity contribution in [3.05, 3.63) is 20.8 Å². The van der Waals surface area contributed by atoms with E-state index < -0.39 is 0 Å². The molecule has 0 bridgehead atoms. The molecule has 3 unspecified atom stereocenters. The summed E-state index contributed by atoms with van der Waals surface area (Å²) < 4.78 is 1.09. The lowest BCUT2D eigenvalue weighted by molar-refractivity contribution is 0.107. The van der Waals surface area contributed by atoms with E-state index in [1.165, 1.54) is 4.88 Å². The van der Waals surface area contributed by atoms with Crippen molar-refractivity contribution in [3.8, 4) is 0 Å². The maximum atomic E-state index is 9.27. The van der Waals surface area contributed by atoms with E-state index in [4.69, 9.17) is 5.73 Å². The van der Waals surface area contributed by atoms with Crippen molar-refractivity contribution >= 4 is 27.3 Å². The van der Waals surface area contributed by atoms with E-state index in [0.717, 1.165) is 10.9 Å². The standard InChI is InChI=1S/C12H21BrN2OS/c1-4-10(14)12(15(3)8(2)6-16)11-5-9(13)7-17-11/h5,7-8,10,12,16H,4,6,14H2,1-3H3. The van der Waals surface area contributed by atoms with Gasteiger partial charge in [0.05, 0.1) is 12.6 Å². The van der Waals surface area contributed by atoms with Crippen molar-refractivity contribution in [3.63, 3.8) is 0 Å². The van der Waals surface area contributed by atoms with E-state index >= 15 is 0 Å². The third-order valence-corrected chi connectivity index (χ3v) is 4.92. The molecule has 17 heavy (non-hydrogen) atoms. The van der Waals surface area contributed by atoms with Crippen molar-refractivity contribution in [1.82, 2.24) is 4.90 Å². The second kappa shape index (κ2) is 6.85. The first kappa shape index (κ1) is 15.1. The summed E-state index contributed by atoms with van der Waals surface area (Å²) in [4.78, 5) is 3.40. The van der Waals surface area contributed by atoms with Gasteiger partial charge in [0, 0.05) is 26.8 Å². The number of hydrogen-bond donors (Lipinski definition) is 2. The first-order valence-corrected chi connectivity index (χ1v) is 7.50. The Morgan fingerprint density at radius 1 is 1.59 bits per heavy atom. The maximum Gasteiger partial charge on any atom is 0.0594 e. The third kappa shape index (κ3) is 3.76. The van der Waals surface area contributed by atoms with Gasteiger partial charge in [-0.25, -0.2) is 0 Å². The molecule has 0 aliphatic rings. The molecule has 0 fully saturated rings. The Balaban J connectivity index is 2.95. The second-order valence-electron chi connectivity index (χ2n) is 4.38. The minimum absolute atomic E-state index is 0.0829. The zero-order chi connectivity index (χ0) is 13.0. The van der Waals surface area contributed by atoms with Gasteiger partial charge in [-0.2, -0.15) is 0 Å². The number of likely N-dealkylation sites (N-methyl/N-ethyl adjacent to an activating group) is 1. The molecular formula is C12H21BrN2OS. The number of rotatable bonds is 6. The summed E-state index contributed by atoms with van der Waals surface area (Å²) in [5.74, 6) is 0. The Hall–Kier alpha value is 0.0600. The Kier molecular flexibility index (Phi) is 6.09. The number of nitrogens with zero attached hydrogens (tertiary/aromatic N) is 1. The fourth-order valence-electron chi connectivity index (χ4n) is 1.82. The van der Waals surface area contributed by atoms with Crippen molar-refractivity contribution in [1.29, 1.82) is 0 Å². The van der Waals surface area contributed by atoms with Gasteiger partial charge in [0.1, 0.15) is 0 Å². The molecule has 5 heteroatoms. The summed E-state index contributed by atoms with van der Waals surface area (Å²) in [6.45, 7) is 4.26. The lowest BCUT2D eigenvalue weighted by Gasteiger charge is -2.35. The second-order valence-corrected chi connectivity index (χ2v) is 6.24. The van der Waals surface area contributed by atoms with Gasteiger partial charge in [-0.15, -0.1) is 11.3 Å². The van der Waals surface area contributed by atoms with Gasteiger partial charge < -0.3 is 10.8 Å². The molecule has 1 rings (SSSR count). The first-order chi connectivity index (χ1) is 8.01. The summed E-state index contributed by atoms with van der Waals surface area (Å²) in [6.07, 6.45) is 0.919. The SMILES string of the molecule is CCC(N)C(c1cc(Br)cs1)N(C)C(C)CO. The molecule has 98 valence electrons. The number of thiophene rings is 1. The van der Waals surface area contributed by atoms with Crippen molar-refractivity contribution in [2.45, 2.75) is 38.4 Å². The van der Waals surface area contributed by atoms with Gasteiger partial charge in [-0.05, 0) is 42.4 Å². The van der Waals surface area contributed by atoms with E-state index in [1.54, 1.807) is 11.3 Å². The lowest BCUT2D eigenvalue weighted by Crippen LogP contribution is -2.43. The van der Waals surface area contributed by atoms with Gasteiger partial charge in [-0.1, -0.05) is 6.92 Å². The van der Waals surface area contributed by atoms with Crippen LogP contribution >= 0.6 is 27.3 Å². The Morgan fingerprint density at radius 2 is 2.24 bits per heavy atom. The Labute approximate surface area is 116 Å². The van der Waals surface area contributed by atoms with Crippen LogP contribution in [0.15, 0.2) is 15.9 Å². The van der Waals surface area contributed by atoms with E-state index in [-0.39, 0.29) is 24.7 Å². The molecule has 0 spiro atoms. The van der Waals surface area contributed by atoms with Crippen LogP contribution in [0.25, 0.3) is 0 Å². The smallest absolute Gasteiger partial charge is 0.0594 e. The van der Waals surface area contributed by atoms with Crippen LogP contribution in [0.1, 0.15) is 31.2 Å². The quantitative estimate of drug-likeness (QED) is 0.847. The van der Waals surface area contributed by atoms with Crippen LogP contribution in [0, 0.1) is 0 Å². The molecule has 0 amide bonds. The fourth-order valence-corrected chi connectivity index (χ4v) is 3.49. The minimum atomic E-state index is 0.0829. The van der Waals surface area contributed by atoms with E-state index in [9.17, 15) is 5.11 Å². The number of hydrogen-bond acceptors (Lipinski definition) is 4. The normalized spacial score (nSPS) is 17.1. The molecule has 0 saturated carbocycles. The topological polar surface area (TPSA) is 49.5 Å². The Bertz CT molecular complexity index is 345. The summed E-state index contributed by atoms with van der Waals surface area (Å²) in [5, 5.41) is 11.3. The van der Waals surface area contributed by atoms with Gasteiger partial charge >= 0.3 is 0 Å². The highest BCUT2D eigenvalue weighted by atomic mass is 79.9. The van der Waals surface area contributed by atoms with Crippen LogP contribution in [0.3, 0.4) is 0 Å². The summed E-state index contributed by atoms with van der Waals surface area (Å²) in [7, 11) is 2.02. The van der Waals surface area contributed by atoms with Crippen LogP contribution < -0.4 is 5.73 Å². The van der Waals surface area contributed by atoms with Crippen molar-refractivity contribution < 1.29 is 5.11 Å². The number of halogens is 1. The molecular weight excluding hydrogens is 300 g/mol. The molecule has 3 N–H and O–H groups in total. The number of aliphatic hydroxyl groups is 1. The van der Waals surface area contributed by atoms with Gasteiger partial charge in [0.2, 0.25) is 0 Å². The number of aliphatic hydroxyl groups excluding tert-OH is 1. The molecule has 1 heterocycles. The molecule has 0 saturated heterocycles. The fraction of sp³-hybridized carbons (Fsp3) is 0.667. The highest BCUT2D eigenvalue weighted by molar-refractivity contribution is 9.10. The van der Waals surface area contributed by atoms with Gasteiger partial charge in [0.15, 0.2) is 0 Å². The molecule has 0 aromatic carbocycles. The zero-order valence-electron chi connectivity index (χ0n) is 10.6. The average Bonchev–Trinajstić information content (AvgIpc) is 2.74. The maximum absolute atomic E-state index is 9.27. The zero-order valence-corrected chi connectivity index (χ0v) is 13.0. The minimum Gasteiger partial charge on any atom is -0.395 e. The van der Waals surface area contributed by atoms with Crippen LogP contribution in [0.4, 0.5) is 0 Å². The van der Waals surface area contributed by atoms with Crippen LogP contribution in [-0.2, 0) is 0 Å². The lowest BCUT2D eigenvalue weighted by atomic mass is 10.0. The highest BCUT2D eigenvalue weighted by Crippen LogP contribution is 2.32. The largest absolute Gasteiger partial charge is 0.395 e. The Morgan fingerprint density at radius 3 is 2.65 bits per heavy atom. The summed E-state index contributed by atoms with van der Waals surface area (Å²) >= 11 is 5.18. The van der Waals surface area contributed by atoms with E-state index in [0.29, 0.717) is 0 Å². The van der Waals surface area contributed by atoms with Gasteiger partial charge in [0.25, 0.3) is 0 Å². The average molecular weight is 321 g/mol. The van der Waals surface area contributed by atoms with Gasteiger partial charge in [-0.3, -0.25) is 4.90 Å². The third-order valence-electron chi connectivity index (χ3n) is 3.15. The van der Waals surface area contributed by atoms with Crippen LogP contribution in [0.5, 0.6) is 0 Å². The van der Waals surface area contributed by atoms with Crippen molar-refractivity contribution in [2.24, 2.45) is 5.73 Å². The molecule has 0 aliphatic carbocycles. The molecule has 3 nitrogen and oxygen atoms in total.